The number of piperazine rings is 1. The number of hydrogen-bond donors (Lipinski definition) is 0. The molecule has 1 amide bonds. The number of hydrogen-bond acceptors (Lipinski definition) is 8. The second-order valence-corrected chi connectivity index (χ2v) is 12.8. The molecule has 1 fully saturated rings. The Bertz CT molecular complexity index is 1510. The van der Waals surface area contributed by atoms with Crippen LogP contribution in [0.3, 0.4) is 0 Å². The van der Waals surface area contributed by atoms with E-state index in [2.05, 4.69) is 59.2 Å². The lowest BCUT2D eigenvalue weighted by atomic mass is 10.00. The van der Waals surface area contributed by atoms with Gasteiger partial charge in [-0.3, -0.25) is 4.21 Å². The minimum Gasteiger partial charge on any atom is -0.444 e. The van der Waals surface area contributed by atoms with Crippen LogP contribution in [0.15, 0.2) is 41.6 Å². The van der Waals surface area contributed by atoms with Crippen LogP contribution in [0.2, 0.25) is 0 Å². The summed E-state index contributed by atoms with van der Waals surface area (Å²) < 4.78 is 18.2. The summed E-state index contributed by atoms with van der Waals surface area (Å²) in [7, 11) is -1.37. The van der Waals surface area contributed by atoms with Gasteiger partial charge in [0.25, 0.3) is 0 Å². The normalized spacial score (nSPS) is 18.3. The number of anilines is 2. The van der Waals surface area contributed by atoms with Crippen LogP contribution in [0.5, 0.6) is 0 Å². The van der Waals surface area contributed by atoms with E-state index in [4.69, 9.17) is 14.7 Å². The molecule has 9 nitrogen and oxygen atoms in total. The molecule has 0 radical (unpaired) electrons. The Morgan fingerprint density at radius 3 is 2.65 bits per heavy atom. The fraction of sp³-hybridized carbons (Fsp3) is 0.467. The third-order valence-electron chi connectivity index (χ3n) is 7.34. The topological polar surface area (TPSA) is 103 Å². The van der Waals surface area contributed by atoms with E-state index in [1.165, 1.54) is 22.0 Å². The number of carbonyl (C=O) groups excluding carboxylic acids is 1. The molecule has 10 heteroatoms. The Kier molecular flexibility index (Phi) is 7.69. The zero-order chi connectivity index (χ0) is 28.6. The van der Waals surface area contributed by atoms with Gasteiger partial charge >= 0.3 is 6.09 Å². The second kappa shape index (κ2) is 11.0. The second-order valence-electron chi connectivity index (χ2n) is 11.5. The van der Waals surface area contributed by atoms with E-state index in [0.29, 0.717) is 31.3 Å². The predicted octanol–water partition coefficient (Wildman–Crippen LogP) is 4.58. The number of ether oxygens (including phenoxy) is 1. The quantitative estimate of drug-likeness (QED) is 0.428. The van der Waals surface area contributed by atoms with Crippen LogP contribution in [-0.2, 0) is 28.5 Å². The Morgan fingerprint density at radius 2 is 1.93 bits per heavy atom. The number of rotatable bonds is 4. The third-order valence-corrected chi connectivity index (χ3v) is 8.04. The zero-order valence-electron chi connectivity index (χ0n) is 23.8. The highest BCUT2D eigenvalue weighted by Crippen LogP contribution is 2.35. The summed E-state index contributed by atoms with van der Waals surface area (Å²) in [6.07, 6.45) is 2.11. The predicted molar refractivity (Wildman–Crippen MR) is 157 cm³/mol. The van der Waals surface area contributed by atoms with Gasteiger partial charge in [-0.1, -0.05) is 30.3 Å². The van der Waals surface area contributed by atoms with Gasteiger partial charge in [0.05, 0.1) is 41.6 Å². The molecule has 210 valence electrons. The van der Waals surface area contributed by atoms with Crippen molar-refractivity contribution in [3.05, 3.63) is 53.2 Å². The fourth-order valence-electron chi connectivity index (χ4n) is 5.57. The number of amides is 1. The maximum atomic E-state index is 12.9. The van der Waals surface area contributed by atoms with Crippen molar-refractivity contribution in [3.63, 3.8) is 0 Å². The summed E-state index contributed by atoms with van der Waals surface area (Å²) in [6.45, 7) is 10.4. The first-order valence-electron chi connectivity index (χ1n) is 13.6. The van der Waals surface area contributed by atoms with Crippen molar-refractivity contribution in [1.29, 1.82) is 5.26 Å². The highest BCUT2D eigenvalue weighted by molar-refractivity contribution is 7.84. The summed E-state index contributed by atoms with van der Waals surface area (Å²) in [4.78, 5) is 28.6. The largest absolute Gasteiger partial charge is 0.444 e. The molecule has 5 rings (SSSR count). The third kappa shape index (κ3) is 5.75. The number of carbonyl (C=O) groups is 1. The summed E-state index contributed by atoms with van der Waals surface area (Å²) in [6, 6.07) is 14.7. The number of aryl methyl sites for hydroxylation is 1. The lowest BCUT2D eigenvalue weighted by Gasteiger charge is -2.42. The molecular formula is C30H36N6O3S. The minimum atomic E-state index is -1.37. The average molecular weight is 561 g/mol. The van der Waals surface area contributed by atoms with Crippen LogP contribution in [0, 0.1) is 18.3 Å². The molecule has 0 N–H and O–H groups in total. The molecule has 40 heavy (non-hydrogen) atoms. The van der Waals surface area contributed by atoms with Crippen LogP contribution < -0.4 is 9.80 Å². The molecule has 3 aromatic rings. The van der Waals surface area contributed by atoms with E-state index in [9.17, 15) is 14.3 Å². The van der Waals surface area contributed by atoms with Gasteiger partial charge in [0.15, 0.2) is 0 Å². The van der Waals surface area contributed by atoms with E-state index in [1.807, 2.05) is 20.8 Å². The number of aromatic nitrogens is 2. The molecule has 2 unspecified atom stereocenters. The highest BCUT2D eigenvalue weighted by Gasteiger charge is 2.36. The summed E-state index contributed by atoms with van der Waals surface area (Å²) in [5, 5.41) is 12.2. The molecule has 0 bridgehead atoms. The molecule has 0 aliphatic carbocycles. The van der Waals surface area contributed by atoms with E-state index in [-0.39, 0.29) is 12.5 Å². The Labute approximate surface area is 238 Å². The van der Waals surface area contributed by atoms with Crippen LogP contribution in [-0.4, -0.2) is 69.2 Å². The van der Waals surface area contributed by atoms with Crippen molar-refractivity contribution in [2.45, 2.75) is 63.9 Å². The molecule has 1 saturated heterocycles. The molecule has 2 aliphatic heterocycles. The molecule has 1 aromatic heterocycles. The number of nitriles is 1. The van der Waals surface area contributed by atoms with Gasteiger partial charge < -0.3 is 19.4 Å². The fourth-order valence-corrected chi connectivity index (χ4v) is 6.02. The van der Waals surface area contributed by atoms with Crippen molar-refractivity contribution >= 4 is 39.2 Å². The van der Waals surface area contributed by atoms with Gasteiger partial charge in [-0.05, 0) is 51.1 Å². The van der Waals surface area contributed by atoms with Crippen molar-refractivity contribution in [3.8, 4) is 6.07 Å². The van der Waals surface area contributed by atoms with E-state index in [1.54, 1.807) is 11.2 Å². The van der Waals surface area contributed by atoms with Crippen molar-refractivity contribution in [2.75, 3.05) is 42.2 Å². The standard InChI is InChI=1S/C30H36N6O3S/c1-20-16-21-8-6-7-9-23(21)26(17-20)34-13-11-24-25(19-34)32-28(40(5)38)33-27(24)35-14-15-36(22(18-35)10-12-31)29(37)39-30(2,3)4/h6-9,16-17,22H,10-11,13-15,18-19H2,1-5H3. The molecule has 0 spiro atoms. The maximum absolute atomic E-state index is 12.9. The van der Waals surface area contributed by atoms with Gasteiger partial charge in [0, 0.05) is 49.1 Å². The van der Waals surface area contributed by atoms with Gasteiger partial charge in [0.1, 0.15) is 11.4 Å². The molecule has 0 saturated carbocycles. The molecule has 2 aliphatic rings. The molecular weight excluding hydrogens is 524 g/mol. The maximum Gasteiger partial charge on any atom is 0.410 e. The van der Waals surface area contributed by atoms with Gasteiger partial charge in [0.2, 0.25) is 5.16 Å². The Hall–Kier alpha value is -3.71. The Balaban J connectivity index is 1.47. The first-order valence-corrected chi connectivity index (χ1v) is 15.2. The van der Waals surface area contributed by atoms with Crippen LogP contribution in [0.1, 0.15) is 44.0 Å². The Morgan fingerprint density at radius 1 is 1.15 bits per heavy atom. The number of fused-ring (bicyclic) bond motifs is 2. The first kappa shape index (κ1) is 27.8. The lowest BCUT2D eigenvalue weighted by molar-refractivity contribution is 0.0144. The monoisotopic (exact) mass is 560 g/mol. The zero-order valence-corrected chi connectivity index (χ0v) is 24.6. The molecule has 3 heterocycles. The van der Waals surface area contributed by atoms with E-state index < -0.39 is 22.5 Å². The smallest absolute Gasteiger partial charge is 0.410 e. The van der Waals surface area contributed by atoms with Gasteiger partial charge in [-0.2, -0.15) is 5.26 Å². The van der Waals surface area contributed by atoms with Gasteiger partial charge in [-0.25, -0.2) is 14.8 Å². The highest BCUT2D eigenvalue weighted by atomic mass is 32.2. The average Bonchev–Trinajstić information content (AvgIpc) is 2.90. The van der Waals surface area contributed by atoms with E-state index in [0.717, 1.165) is 30.0 Å². The van der Waals surface area contributed by atoms with Crippen molar-refractivity contribution in [1.82, 2.24) is 14.9 Å². The SMILES string of the molecule is Cc1cc(N2CCc3c(nc(S(C)=O)nc3N3CCN(C(=O)OC(C)(C)C)C(CC#N)C3)C2)c2ccccc2c1. The molecule has 2 atom stereocenters. The number of nitrogens with zero attached hydrogens (tertiary/aromatic N) is 6. The van der Waals surface area contributed by atoms with Crippen molar-refractivity contribution < 1.29 is 13.7 Å². The summed E-state index contributed by atoms with van der Waals surface area (Å²) >= 11 is 0. The first-order chi connectivity index (χ1) is 19.0. The summed E-state index contributed by atoms with van der Waals surface area (Å²) in [5.41, 5.74) is 3.67. The minimum absolute atomic E-state index is 0.184. The summed E-state index contributed by atoms with van der Waals surface area (Å²) in [5.74, 6) is 0.760. The lowest BCUT2D eigenvalue weighted by Crippen LogP contribution is -2.56. The van der Waals surface area contributed by atoms with E-state index >= 15 is 0 Å². The van der Waals surface area contributed by atoms with Crippen LogP contribution in [0.25, 0.3) is 10.8 Å². The van der Waals surface area contributed by atoms with Crippen LogP contribution in [0.4, 0.5) is 16.3 Å². The van der Waals surface area contributed by atoms with Crippen LogP contribution >= 0.6 is 0 Å². The number of benzene rings is 2. The molecule has 2 aromatic carbocycles. The van der Waals surface area contributed by atoms with Crippen molar-refractivity contribution in [2.24, 2.45) is 0 Å². The van der Waals surface area contributed by atoms with Gasteiger partial charge in [-0.15, -0.1) is 0 Å².